The fourth-order valence-electron chi connectivity index (χ4n) is 2.24. The molecular weight excluding hydrogens is 204 g/mol. The molecule has 0 aromatic carbocycles. The lowest BCUT2D eigenvalue weighted by Crippen LogP contribution is -2.46. The van der Waals surface area contributed by atoms with Crippen molar-refractivity contribution in [3.05, 3.63) is 24.2 Å². The number of amides is 1. The van der Waals surface area contributed by atoms with E-state index in [1.807, 2.05) is 0 Å². The largest absolute Gasteiger partial charge is 0.459 e. The van der Waals surface area contributed by atoms with Crippen LogP contribution in [0.2, 0.25) is 0 Å². The van der Waals surface area contributed by atoms with Gasteiger partial charge in [-0.1, -0.05) is 0 Å². The first-order chi connectivity index (χ1) is 7.69. The minimum absolute atomic E-state index is 0.214. The summed E-state index contributed by atoms with van der Waals surface area (Å²) in [7, 11) is 1.68. The molecule has 1 amide bonds. The number of hydrogen-bond acceptors (Lipinski definition) is 3. The molecule has 1 aliphatic carbocycles. The number of rotatable bonds is 2. The Kier molecular flexibility index (Phi) is 2.69. The predicted molar refractivity (Wildman–Crippen MR) is 57.6 cm³/mol. The molecule has 0 N–H and O–H groups in total. The van der Waals surface area contributed by atoms with Crippen molar-refractivity contribution in [1.29, 1.82) is 5.26 Å². The van der Waals surface area contributed by atoms with E-state index >= 15 is 0 Å². The van der Waals surface area contributed by atoms with E-state index in [0.717, 1.165) is 25.7 Å². The molecule has 0 unspecified atom stereocenters. The van der Waals surface area contributed by atoms with Gasteiger partial charge in [0.25, 0.3) is 5.91 Å². The number of nitrogens with zero attached hydrogens (tertiary/aromatic N) is 2. The monoisotopic (exact) mass is 218 g/mol. The Hall–Kier alpha value is -1.76. The van der Waals surface area contributed by atoms with Crippen LogP contribution in [0, 0.1) is 11.3 Å². The molecule has 0 saturated heterocycles. The minimum atomic E-state index is -0.635. The first-order valence-electron chi connectivity index (χ1n) is 5.42. The summed E-state index contributed by atoms with van der Waals surface area (Å²) in [5.74, 6) is 0.0810. The molecule has 1 fully saturated rings. The lowest BCUT2D eigenvalue weighted by Gasteiger charge is -2.31. The average Bonchev–Trinajstić information content (AvgIpc) is 2.98. The molecule has 1 aromatic rings. The highest BCUT2D eigenvalue weighted by Crippen LogP contribution is 2.34. The van der Waals surface area contributed by atoms with Crippen LogP contribution in [0.3, 0.4) is 0 Å². The van der Waals surface area contributed by atoms with Crippen LogP contribution in [-0.2, 0) is 0 Å². The molecule has 1 aliphatic rings. The van der Waals surface area contributed by atoms with Crippen LogP contribution in [0.25, 0.3) is 0 Å². The number of nitriles is 1. The van der Waals surface area contributed by atoms with Gasteiger partial charge in [0, 0.05) is 7.05 Å². The van der Waals surface area contributed by atoms with Gasteiger partial charge in [-0.3, -0.25) is 4.79 Å². The van der Waals surface area contributed by atoms with E-state index in [2.05, 4.69) is 6.07 Å². The molecule has 1 aromatic heterocycles. The van der Waals surface area contributed by atoms with Crippen molar-refractivity contribution in [2.75, 3.05) is 7.05 Å². The Balaban J connectivity index is 2.22. The quantitative estimate of drug-likeness (QED) is 0.764. The highest BCUT2D eigenvalue weighted by atomic mass is 16.3. The van der Waals surface area contributed by atoms with Crippen LogP contribution >= 0.6 is 0 Å². The maximum atomic E-state index is 12.0. The van der Waals surface area contributed by atoms with Crippen LogP contribution in [-0.4, -0.2) is 23.4 Å². The topological polar surface area (TPSA) is 57.2 Å². The van der Waals surface area contributed by atoms with Crippen molar-refractivity contribution in [2.45, 2.75) is 31.2 Å². The third-order valence-electron chi connectivity index (χ3n) is 3.32. The van der Waals surface area contributed by atoms with Gasteiger partial charge in [-0.2, -0.15) is 5.26 Å². The number of carbonyl (C=O) groups is 1. The lowest BCUT2D eigenvalue weighted by atomic mass is 9.97. The first kappa shape index (κ1) is 10.7. The van der Waals surface area contributed by atoms with E-state index in [4.69, 9.17) is 4.42 Å². The molecular formula is C12H14N2O2. The number of hydrogen-bond donors (Lipinski definition) is 0. The van der Waals surface area contributed by atoms with E-state index < -0.39 is 5.54 Å². The second kappa shape index (κ2) is 4.01. The van der Waals surface area contributed by atoms with Crippen LogP contribution in [0.4, 0.5) is 0 Å². The summed E-state index contributed by atoms with van der Waals surface area (Å²) in [6.45, 7) is 0. The van der Waals surface area contributed by atoms with Crippen LogP contribution in [0.1, 0.15) is 36.2 Å². The third-order valence-corrected chi connectivity index (χ3v) is 3.32. The van der Waals surface area contributed by atoms with E-state index in [0.29, 0.717) is 5.76 Å². The Morgan fingerprint density at radius 1 is 1.56 bits per heavy atom. The van der Waals surface area contributed by atoms with Crippen molar-refractivity contribution >= 4 is 5.91 Å². The summed E-state index contributed by atoms with van der Waals surface area (Å²) in [5.41, 5.74) is -0.635. The van der Waals surface area contributed by atoms with Gasteiger partial charge in [0.05, 0.1) is 12.3 Å². The second-order valence-electron chi connectivity index (χ2n) is 4.19. The average molecular weight is 218 g/mol. The lowest BCUT2D eigenvalue weighted by molar-refractivity contribution is 0.0630. The van der Waals surface area contributed by atoms with Crippen LogP contribution < -0.4 is 0 Å². The molecule has 0 radical (unpaired) electrons. The molecule has 2 rings (SSSR count). The fraction of sp³-hybridized carbons (Fsp3) is 0.500. The summed E-state index contributed by atoms with van der Waals surface area (Å²) < 4.78 is 5.06. The molecule has 4 nitrogen and oxygen atoms in total. The number of furan rings is 1. The predicted octanol–water partition coefficient (Wildman–Crippen LogP) is 2.19. The zero-order chi connectivity index (χ0) is 11.6. The molecule has 0 atom stereocenters. The van der Waals surface area contributed by atoms with Gasteiger partial charge in [-0.05, 0) is 37.8 Å². The van der Waals surface area contributed by atoms with E-state index in [1.165, 1.54) is 11.2 Å². The van der Waals surface area contributed by atoms with Gasteiger partial charge in [0.1, 0.15) is 5.54 Å². The summed E-state index contributed by atoms with van der Waals surface area (Å²) in [6.07, 6.45) is 4.99. The van der Waals surface area contributed by atoms with Crippen molar-refractivity contribution in [3.8, 4) is 6.07 Å². The van der Waals surface area contributed by atoms with E-state index in [-0.39, 0.29) is 5.91 Å². The van der Waals surface area contributed by atoms with Gasteiger partial charge in [0.2, 0.25) is 0 Å². The SMILES string of the molecule is CN(C(=O)c1ccco1)C1(C#N)CCCC1. The highest BCUT2D eigenvalue weighted by molar-refractivity contribution is 5.92. The van der Waals surface area contributed by atoms with Gasteiger partial charge >= 0.3 is 0 Å². The van der Waals surface area contributed by atoms with Crippen molar-refractivity contribution < 1.29 is 9.21 Å². The molecule has 1 heterocycles. The zero-order valence-electron chi connectivity index (χ0n) is 9.27. The van der Waals surface area contributed by atoms with Gasteiger partial charge < -0.3 is 9.32 Å². The molecule has 0 bridgehead atoms. The Morgan fingerprint density at radius 2 is 2.25 bits per heavy atom. The van der Waals surface area contributed by atoms with E-state index in [9.17, 15) is 10.1 Å². The third kappa shape index (κ3) is 1.58. The summed E-state index contributed by atoms with van der Waals surface area (Å²) in [5, 5.41) is 9.26. The molecule has 1 saturated carbocycles. The van der Waals surface area contributed by atoms with Gasteiger partial charge in [-0.15, -0.1) is 0 Å². The van der Waals surface area contributed by atoms with Crippen molar-refractivity contribution in [1.82, 2.24) is 4.90 Å². The van der Waals surface area contributed by atoms with Crippen LogP contribution in [0.5, 0.6) is 0 Å². The normalized spacial score (nSPS) is 18.0. The Morgan fingerprint density at radius 3 is 2.75 bits per heavy atom. The Labute approximate surface area is 94.5 Å². The molecule has 0 spiro atoms. The second-order valence-corrected chi connectivity index (χ2v) is 4.19. The van der Waals surface area contributed by atoms with Crippen molar-refractivity contribution in [2.24, 2.45) is 0 Å². The van der Waals surface area contributed by atoms with Gasteiger partial charge in [-0.25, -0.2) is 0 Å². The summed E-state index contributed by atoms with van der Waals surface area (Å²) in [6, 6.07) is 5.58. The molecule has 0 aliphatic heterocycles. The molecule has 84 valence electrons. The fourth-order valence-corrected chi connectivity index (χ4v) is 2.24. The summed E-state index contributed by atoms with van der Waals surface area (Å²) >= 11 is 0. The molecule has 4 heteroatoms. The van der Waals surface area contributed by atoms with Crippen LogP contribution in [0.15, 0.2) is 22.8 Å². The number of carbonyl (C=O) groups excluding carboxylic acids is 1. The van der Waals surface area contributed by atoms with Crippen molar-refractivity contribution in [3.63, 3.8) is 0 Å². The maximum Gasteiger partial charge on any atom is 0.290 e. The first-order valence-corrected chi connectivity index (χ1v) is 5.42. The smallest absolute Gasteiger partial charge is 0.290 e. The maximum absolute atomic E-state index is 12.0. The standard InChI is InChI=1S/C12H14N2O2/c1-14(11(15)10-5-4-8-16-10)12(9-13)6-2-3-7-12/h4-5,8H,2-3,6-7H2,1H3. The van der Waals surface area contributed by atoms with E-state index in [1.54, 1.807) is 19.2 Å². The minimum Gasteiger partial charge on any atom is -0.459 e. The zero-order valence-corrected chi connectivity index (χ0v) is 9.27. The highest BCUT2D eigenvalue weighted by Gasteiger charge is 2.41. The summed E-state index contributed by atoms with van der Waals surface area (Å²) in [4.78, 5) is 13.6. The molecule has 16 heavy (non-hydrogen) atoms. The van der Waals surface area contributed by atoms with Gasteiger partial charge in [0.15, 0.2) is 5.76 Å². The Bertz CT molecular complexity index is 411.